The normalized spacial score (nSPS) is 26.4. The van der Waals surface area contributed by atoms with Crippen LogP contribution in [0.2, 0.25) is 0 Å². The Morgan fingerprint density at radius 1 is 1.36 bits per heavy atom. The zero-order chi connectivity index (χ0) is 17.6. The molecule has 2 aliphatic heterocycles. The highest BCUT2D eigenvalue weighted by Gasteiger charge is 2.55. The second kappa shape index (κ2) is 5.76. The highest BCUT2D eigenvalue weighted by molar-refractivity contribution is 6.00. The average Bonchev–Trinajstić information content (AvgIpc) is 2.90. The van der Waals surface area contributed by atoms with Crippen molar-refractivity contribution in [1.29, 1.82) is 0 Å². The molecule has 0 aromatic heterocycles. The number of nitrogens with zero attached hydrogens (tertiary/aromatic N) is 1. The van der Waals surface area contributed by atoms with Gasteiger partial charge in [0.05, 0.1) is 13.2 Å². The number of fused-ring (bicyclic) bond motifs is 3. The number of amides is 2. The van der Waals surface area contributed by atoms with Gasteiger partial charge in [0.15, 0.2) is 0 Å². The van der Waals surface area contributed by atoms with E-state index < -0.39 is 0 Å². The van der Waals surface area contributed by atoms with Crippen LogP contribution in [0.15, 0.2) is 47.7 Å². The second-order valence-corrected chi connectivity index (χ2v) is 6.93. The monoisotopic (exact) mass is 338 g/mol. The van der Waals surface area contributed by atoms with Crippen LogP contribution in [-0.2, 0) is 19.7 Å². The Kier molecular flexibility index (Phi) is 3.67. The van der Waals surface area contributed by atoms with Crippen LogP contribution in [0.25, 0.3) is 0 Å². The summed E-state index contributed by atoms with van der Waals surface area (Å²) >= 11 is 0. The first kappa shape index (κ1) is 15.9. The lowest BCUT2D eigenvalue weighted by atomic mass is 9.67. The van der Waals surface area contributed by atoms with E-state index >= 15 is 0 Å². The molecule has 1 saturated heterocycles. The molecule has 2 amide bonds. The molecule has 0 saturated carbocycles. The Hall–Kier alpha value is -2.56. The molecule has 1 N–H and O–H groups in total. The summed E-state index contributed by atoms with van der Waals surface area (Å²) in [6.45, 7) is 2.09. The van der Waals surface area contributed by atoms with E-state index in [-0.39, 0.29) is 23.3 Å². The molecule has 0 radical (unpaired) electrons. The van der Waals surface area contributed by atoms with Crippen molar-refractivity contribution < 1.29 is 14.3 Å². The average molecular weight is 338 g/mol. The van der Waals surface area contributed by atoms with E-state index in [1.54, 1.807) is 7.11 Å². The van der Waals surface area contributed by atoms with Gasteiger partial charge in [0, 0.05) is 31.0 Å². The highest BCUT2D eigenvalue weighted by Crippen LogP contribution is 2.55. The molecule has 2 atom stereocenters. The minimum atomic E-state index is -0.357. The molecule has 3 aliphatic rings. The predicted octanol–water partition coefficient (Wildman–Crippen LogP) is 2.43. The zero-order valence-electron chi connectivity index (χ0n) is 14.5. The lowest BCUT2D eigenvalue weighted by Gasteiger charge is -2.43. The lowest BCUT2D eigenvalue weighted by Crippen LogP contribution is -2.52. The molecule has 0 spiro atoms. The molecule has 0 bridgehead atoms. The molecule has 1 aliphatic carbocycles. The van der Waals surface area contributed by atoms with Crippen molar-refractivity contribution in [3.05, 3.63) is 53.3 Å². The minimum Gasteiger partial charge on any atom is -0.497 e. The first-order valence-electron chi connectivity index (χ1n) is 8.70. The quantitative estimate of drug-likeness (QED) is 0.917. The van der Waals surface area contributed by atoms with Crippen molar-refractivity contribution in [2.75, 3.05) is 18.6 Å². The summed E-state index contributed by atoms with van der Waals surface area (Å²) in [6.07, 6.45) is 6.22. The predicted molar refractivity (Wildman–Crippen MR) is 95.1 cm³/mol. The van der Waals surface area contributed by atoms with Gasteiger partial charge in [0.2, 0.25) is 11.8 Å². The molecule has 1 aromatic carbocycles. The third kappa shape index (κ3) is 2.29. The van der Waals surface area contributed by atoms with E-state index in [0.717, 1.165) is 29.9 Å². The van der Waals surface area contributed by atoms with Gasteiger partial charge in [-0.1, -0.05) is 18.2 Å². The summed E-state index contributed by atoms with van der Waals surface area (Å²) < 4.78 is 5.58. The number of allylic oxidation sites excluding steroid dienone is 1. The van der Waals surface area contributed by atoms with Crippen LogP contribution in [0.3, 0.4) is 0 Å². The zero-order valence-corrected chi connectivity index (χ0v) is 14.5. The number of benzene rings is 1. The third-order valence-corrected chi connectivity index (χ3v) is 5.53. The topological polar surface area (TPSA) is 58.6 Å². The molecule has 4 rings (SSSR count). The van der Waals surface area contributed by atoms with Crippen LogP contribution >= 0.6 is 0 Å². The summed E-state index contributed by atoms with van der Waals surface area (Å²) in [5, 5.41) is 2.91. The number of nitrogens with one attached hydrogen (secondary N) is 1. The first-order valence-corrected chi connectivity index (χ1v) is 8.70. The Bertz CT molecular complexity index is 811. The summed E-state index contributed by atoms with van der Waals surface area (Å²) in [5.41, 5.74) is 3.00. The van der Waals surface area contributed by atoms with Gasteiger partial charge in [-0.3, -0.25) is 9.59 Å². The van der Waals surface area contributed by atoms with Gasteiger partial charge in [0.1, 0.15) is 5.76 Å². The molecular formula is C20H22N2O3. The Labute approximate surface area is 147 Å². The Balaban J connectivity index is 1.87. The molecular weight excluding hydrogens is 316 g/mol. The Morgan fingerprint density at radius 2 is 2.16 bits per heavy atom. The molecule has 5 heteroatoms. The van der Waals surface area contributed by atoms with Gasteiger partial charge < -0.3 is 15.0 Å². The van der Waals surface area contributed by atoms with E-state index in [1.807, 2.05) is 23.1 Å². The molecule has 130 valence electrons. The van der Waals surface area contributed by atoms with E-state index in [1.165, 1.54) is 12.5 Å². The number of para-hydroxylation sites is 1. The van der Waals surface area contributed by atoms with Gasteiger partial charge in [-0.2, -0.15) is 0 Å². The van der Waals surface area contributed by atoms with Crippen molar-refractivity contribution in [2.24, 2.45) is 0 Å². The smallest absolute Gasteiger partial charge is 0.227 e. The number of ether oxygens (including phenoxy) is 1. The number of carbonyl (C=O) groups excluding carboxylic acids is 2. The van der Waals surface area contributed by atoms with E-state index in [9.17, 15) is 9.59 Å². The van der Waals surface area contributed by atoms with Crippen LogP contribution in [0, 0.1) is 0 Å². The minimum absolute atomic E-state index is 0.0150. The number of methoxy groups -OCH3 is 1. The van der Waals surface area contributed by atoms with Crippen molar-refractivity contribution in [2.45, 2.75) is 37.6 Å². The summed E-state index contributed by atoms with van der Waals surface area (Å²) in [5.74, 6) is 0.965. The van der Waals surface area contributed by atoms with Crippen LogP contribution in [-0.4, -0.2) is 31.5 Å². The number of anilines is 1. The summed E-state index contributed by atoms with van der Waals surface area (Å²) in [6, 6.07) is 8.10. The first-order chi connectivity index (χ1) is 12.1. The van der Waals surface area contributed by atoms with Crippen molar-refractivity contribution in [1.82, 2.24) is 5.32 Å². The molecule has 25 heavy (non-hydrogen) atoms. The van der Waals surface area contributed by atoms with Gasteiger partial charge >= 0.3 is 0 Å². The van der Waals surface area contributed by atoms with Gasteiger partial charge in [-0.25, -0.2) is 0 Å². The highest BCUT2D eigenvalue weighted by atomic mass is 16.5. The maximum Gasteiger partial charge on any atom is 0.227 e. The number of carbonyl (C=O) groups is 2. The second-order valence-electron chi connectivity index (χ2n) is 6.93. The van der Waals surface area contributed by atoms with Crippen molar-refractivity contribution >= 4 is 17.5 Å². The fourth-order valence-electron chi connectivity index (χ4n) is 4.57. The summed E-state index contributed by atoms with van der Waals surface area (Å²) in [7, 11) is 1.68. The van der Waals surface area contributed by atoms with Crippen LogP contribution in [0.5, 0.6) is 0 Å². The molecule has 2 heterocycles. The maximum atomic E-state index is 12.7. The largest absolute Gasteiger partial charge is 0.497 e. The van der Waals surface area contributed by atoms with Crippen molar-refractivity contribution in [3.8, 4) is 0 Å². The standard InChI is InChI=1S/C20H22N2O3/c1-13(23)21-10-9-20-12-15(25-2)11-14-7-8-18(24)22(19(14)20)17-6-4-3-5-16(17)20/h3-6,11-12,19H,7-10H2,1-2H3,(H,21,23). The number of hydrogen-bond donors (Lipinski definition) is 1. The molecule has 2 unspecified atom stereocenters. The molecule has 1 fully saturated rings. The van der Waals surface area contributed by atoms with E-state index in [0.29, 0.717) is 13.0 Å². The van der Waals surface area contributed by atoms with Crippen molar-refractivity contribution in [3.63, 3.8) is 0 Å². The molecule has 1 aromatic rings. The van der Waals surface area contributed by atoms with Crippen LogP contribution < -0.4 is 10.2 Å². The molecule has 5 nitrogen and oxygen atoms in total. The van der Waals surface area contributed by atoms with Gasteiger partial charge in [-0.05, 0) is 42.2 Å². The lowest BCUT2D eigenvalue weighted by molar-refractivity contribution is -0.120. The fourth-order valence-corrected chi connectivity index (χ4v) is 4.57. The van der Waals surface area contributed by atoms with E-state index in [4.69, 9.17) is 4.74 Å². The Morgan fingerprint density at radius 3 is 2.92 bits per heavy atom. The van der Waals surface area contributed by atoms with Crippen LogP contribution in [0.1, 0.15) is 31.7 Å². The number of piperidine rings is 1. The van der Waals surface area contributed by atoms with Crippen LogP contribution in [0.4, 0.5) is 5.69 Å². The van der Waals surface area contributed by atoms with Gasteiger partial charge in [0.25, 0.3) is 0 Å². The number of rotatable bonds is 4. The summed E-state index contributed by atoms with van der Waals surface area (Å²) in [4.78, 5) is 26.0. The maximum absolute atomic E-state index is 12.7. The third-order valence-electron chi connectivity index (χ3n) is 5.53. The SMILES string of the molecule is COC1=CC2(CCNC(C)=O)c3ccccc3N3C(=O)CCC(=C1)C32. The fraction of sp³-hybridized carbons (Fsp3) is 0.400. The van der Waals surface area contributed by atoms with Gasteiger partial charge in [-0.15, -0.1) is 0 Å². The van der Waals surface area contributed by atoms with E-state index in [2.05, 4.69) is 23.5 Å². The number of hydrogen-bond acceptors (Lipinski definition) is 3.